The van der Waals surface area contributed by atoms with Gasteiger partial charge in [0.15, 0.2) is 0 Å². The molecule has 2 aromatic rings. The Morgan fingerprint density at radius 3 is 3.00 bits per heavy atom. The zero-order valence-corrected chi connectivity index (χ0v) is 9.79. The van der Waals surface area contributed by atoms with Gasteiger partial charge in [0.05, 0.1) is 7.11 Å². The number of ether oxygens (including phenoxy) is 1. The van der Waals surface area contributed by atoms with E-state index in [-0.39, 0.29) is 0 Å². The van der Waals surface area contributed by atoms with Gasteiger partial charge in [0, 0.05) is 6.07 Å². The second-order valence-corrected chi connectivity index (χ2v) is 3.73. The van der Waals surface area contributed by atoms with Crippen LogP contribution in [0.15, 0.2) is 18.2 Å². The maximum absolute atomic E-state index is 11.2. The van der Waals surface area contributed by atoms with Crippen molar-refractivity contribution in [1.29, 1.82) is 0 Å². The fraction of sp³-hybridized carbons (Fsp3) is 0.222. The van der Waals surface area contributed by atoms with E-state index in [9.17, 15) is 4.79 Å². The molecule has 0 bridgehead atoms. The highest BCUT2D eigenvalue weighted by Gasteiger charge is 2.14. The molecule has 0 saturated heterocycles. The fourth-order valence-corrected chi connectivity index (χ4v) is 1.26. The van der Waals surface area contributed by atoms with Gasteiger partial charge in [0.1, 0.15) is 22.2 Å². The van der Waals surface area contributed by atoms with Gasteiger partial charge in [-0.25, -0.2) is 4.79 Å². The van der Waals surface area contributed by atoms with Crippen molar-refractivity contribution in [3.8, 4) is 5.75 Å². The molecule has 1 aromatic carbocycles. The van der Waals surface area contributed by atoms with E-state index in [1.54, 1.807) is 25.3 Å². The van der Waals surface area contributed by atoms with Gasteiger partial charge in [-0.1, -0.05) is 4.85 Å². The van der Waals surface area contributed by atoms with Gasteiger partial charge >= 0.3 is 5.97 Å². The first-order valence-electron chi connectivity index (χ1n) is 4.67. The molecule has 8 heteroatoms. The van der Waals surface area contributed by atoms with E-state index in [1.807, 2.05) is 0 Å². The van der Waals surface area contributed by atoms with Crippen molar-refractivity contribution in [3.63, 3.8) is 0 Å². The molecule has 0 radical (unpaired) electrons. The predicted molar refractivity (Wildman–Crippen MR) is 62.6 cm³/mol. The Hall–Kier alpha value is -1.80. The SMILES string of the molecule is COc1ccc2c(c1)nnn2OC(=O)C(N)S. The van der Waals surface area contributed by atoms with Crippen molar-refractivity contribution in [2.45, 2.75) is 5.37 Å². The minimum atomic E-state index is -1.02. The summed E-state index contributed by atoms with van der Waals surface area (Å²) in [6.07, 6.45) is 0. The first kappa shape index (κ1) is 11.7. The van der Waals surface area contributed by atoms with Gasteiger partial charge in [-0.3, -0.25) is 0 Å². The number of benzene rings is 1. The van der Waals surface area contributed by atoms with Crippen LogP contribution in [-0.4, -0.2) is 33.6 Å². The predicted octanol–water partition coefficient (Wildman–Crippen LogP) is -0.390. The highest BCUT2D eigenvalue weighted by molar-refractivity contribution is 7.81. The fourth-order valence-electron chi connectivity index (χ4n) is 1.22. The molecule has 90 valence electrons. The molecular formula is C9H10N4O3S. The van der Waals surface area contributed by atoms with Crippen LogP contribution < -0.4 is 15.3 Å². The Morgan fingerprint density at radius 2 is 2.35 bits per heavy atom. The van der Waals surface area contributed by atoms with Crippen LogP contribution in [0.25, 0.3) is 11.0 Å². The third-order valence-corrected chi connectivity index (χ3v) is 2.25. The smallest absolute Gasteiger partial charge is 0.361 e. The summed E-state index contributed by atoms with van der Waals surface area (Å²) >= 11 is 3.75. The molecule has 1 atom stereocenters. The molecule has 0 amide bonds. The van der Waals surface area contributed by atoms with E-state index in [4.69, 9.17) is 15.3 Å². The highest BCUT2D eigenvalue weighted by Crippen LogP contribution is 2.17. The first-order valence-corrected chi connectivity index (χ1v) is 5.19. The molecule has 0 aliphatic carbocycles. The Bertz CT molecular complexity index is 554. The number of nitrogens with zero attached hydrogens (tertiary/aromatic N) is 3. The number of hydrogen-bond donors (Lipinski definition) is 2. The van der Waals surface area contributed by atoms with Gasteiger partial charge in [0.2, 0.25) is 0 Å². The molecule has 0 aliphatic heterocycles. The minimum Gasteiger partial charge on any atom is -0.497 e. The van der Waals surface area contributed by atoms with Gasteiger partial charge in [-0.2, -0.15) is 0 Å². The van der Waals surface area contributed by atoms with Crippen LogP contribution in [0.3, 0.4) is 0 Å². The molecule has 2 N–H and O–H groups in total. The molecule has 1 unspecified atom stereocenters. The summed E-state index contributed by atoms with van der Waals surface area (Å²) in [5.74, 6) is -0.0716. The number of carbonyl (C=O) groups is 1. The maximum atomic E-state index is 11.2. The van der Waals surface area contributed by atoms with Crippen molar-refractivity contribution in [2.75, 3.05) is 7.11 Å². The highest BCUT2D eigenvalue weighted by atomic mass is 32.1. The number of carbonyl (C=O) groups excluding carboxylic acids is 1. The first-order chi connectivity index (χ1) is 8.11. The number of nitrogens with two attached hydrogens (primary N) is 1. The third-order valence-electron chi connectivity index (χ3n) is 2.04. The van der Waals surface area contributed by atoms with E-state index in [0.717, 1.165) is 4.85 Å². The largest absolute Gasteiger partial charge is 0.497 e. The van der Waals surface area contributed by atoms with Crippen molar-refractivity contribution in [3.05, 3.63) is 18.2 Å². The van der Waals surface area contributed by atoms with Crippen LogP contribution in [0.4, 0.5) is 0 Å². The molecule has 2 rings (SSSR count). The summed E-state index contributed by atoms with van der Waals surface area (Å²) in [6, 6.07) is 5.05. The van der Waals surface area contributed by atoms with Gasteiger partial charge < -0.3 is 15.3 Å². The minimum absolute atomic E-state index is 0.535. The Labute approximate surface area is 102 Å². The zero-order chi connectivity index (χ0) is 12.4. The second-order valence-electron chi connectivity index (χ2n) is 3.17. The number of thiol groups is 1. The average molecular weight is 254 g/mol. The van der Waals surface area contributed by atoms with Crippen LogP contribution in [0, 0.1) is 0 Å². The van der Waals surface area contributed by atoms with Crippen molar-refractivity contribution in [2.24, 2.45) is 5.73 Å². The topological polar surface area (TPSA) is 92.3 Å². The molecule has 0 saturated carbocycles. The molecule has 17 heavy (non-hydrogen) atoms. The quantitative estimate of drug-likeness (QED) is 0.440. The van der Waals surface area contributed by atoms with Crippen LogP contribution in [-0.2, 0) is 4.79 Å². The number of hydrogen-bond acceptors (Lipinski definition) is 7. The Morgan fingerprint density at radius 1 is 1.59 bits per heavy atom. The van der Waals surface area contributed by atoms with Crippen molar-refractivity contribution >= 4 is 29.6 Å². The van der Waals surface area contributed by atoms with Crippen LogP contribution in [0.5, 0.6) is 5.75 Å². The lowest BCUT2D eigenvalue weighted by molar-refractivity contribution is -0.144. The van der Waals surface area contributed by atoms with Gasteiger partial charge in [0.25, 0.3) is 0 Å². The standard InChI is InChI=1S/C9H10N4O3S/c1-15-5-2-3-7-6(4-5)11-12-13(7)16-9(14)8(10)17/h2-4,8,17H,10H2,1H3. The summed E-state index contributed by atoms with van der Waals surface area (Å²) < 4.78 is 5.03. The summed E-state index contributed by atoms with van der Waals surface area (Å²) in [5.41, 5.74) is 6.33. The lowest BCUT2D eigenvalue weighted by Gasteiger charge is -2.04. The molecular weight excluding hydrogens is 244 g/mol. The maximum Gasteiger partial charge on any atom is 0.361 e. The number of fused-ring (bicyclic) bond motifs is 1. The van der Waals surface area contributed by atoms with E-state index in [0.29, 0.717) is 16.8 Å². The normalized spacial score (nSPS) is 12.4. The van der Waals surface area contributed by atoms with Crippen molar-refractivity contribution in [1.82, 2.24) is 15.2 Å². The van der Waals surface area contributed by atoms with Crippen LogP contribution >= 0.6 is 12.6 Å². The number of methoxy groups -OCH3 is 1. The summed E-state index contributed by atoms with van der Waals surface area (Å²) in [6.45, 7) is 0. The molecule has 1 heterocycles. The summed E-state index contributed by atoms with van der Waals surface area (Å²) in [5, 5.41) is 6.48. The molecule has 1 aromatic heterocycles. The second kappa shape index (κ2) is 4.60. The van der Waals surface area contributed by atoms with Gasteiger partial charge in [-0.05, 0) is 17.3 Å². The summed E-state index contributed by atoms with van der Waals surface area (Å²) in [7, 11) is 1.55. The molecule has 7 nitrogen and oxygen atoms in total. The monoisotopic (exact) mass is 254 g/mol. The summed E-state index contributed by atoms with van der Waals surface area (Å²) in [4.78, 5) is 17.1. The molecule has 0 fully saturated rings. The third kappa shape index (κ3) is 2.32. The van der Waals surface area contributed by atoms with Crippen LogP contribution in [0.2, 0.25) is 0 Å². The number of rotatable bonds is 3. The average Bonchev–Trinajstić information content (AvgIpc) is 2.71. The lowest BCUT2D eigenvalue weighted by Crippen LogP contribution is -2.33. The van der Waals surface area contributed by atoms with E-state index in [1.165, 1.54) is 0 Å². The Kier molecular flexibility index (Phi) is 3.16. The van der Waals surface area contributed by atoms with E-state index < -0.39 is 11.3 Å². The van der Waals surface area contributed by atoms with E-state index in [2.05, 4.69) is 22.9 Å². The Balaban J connectivity index is 2.33. The zero-order valence-electron chi connectivity index (χ0n) is 8.90. The lowest BCUT2D eigenvalue weighted by atomic mass is 10.3. The van der Waals surface area contributed by atoms with Gasteiger partial charge in [-0.15, -0.1) is 17.7 Å². The molecule has 0 aliphatic rings. The van der Waals surface area contributed by atoms with Crippen molar-refractivity contribution < 1.29 is 14.4 Å². The van der Waals surface area contributed by atoms with Crippen LogP contribution in [0.1, 0.15) is 0 Å². The number of aromatic nitrogens is 3. The molecule has 0 spiro atoms. The van der Waals surface area contributed by atoms with E-state index >= 15 is 0 Å².